The van der Waals surface area contributed by atoms with Crippen LogP contribution < -0.4 is 10.5 Å². The monoisotopic (exact) mass is 409 g/mol. The van der Waals surface area contributed by atoms with E-state index in [1.165, 1.54) is 7.11 Å². The fourth-order valence-electron chi connectivity index (χ4n) is 2.99. The molecule has 2 atom stereocenters. The van der Waals surface area contributed by atoms with Crippen LogP contribution in [0.2, 0.25) is 0 Å². The highest BCUT2D eigenvalue weighted by Crippen LogP contribution is 2.31. The number of hydrogen-bond acceptors (Lipinski definition) is 4. The highest BCUT2D eigenvalue weighted by molar-refractivity contribution is 6.01. The Balaban J connectivity index is 2.32. The number of carboxylic acids is 1. The molecule has 2 rings (SSSR count). The maximum absolute atomic E-state index is 12.7. The third-order valence-electron chi connectivity index (χ3n) is 4.73. The van der Waals surface area contributed by atoms with E-state index in [1.807, 2.05) is 0 Å². The Bertz CT molecular complexity index is 878. The molecule has 0 fully saturated rings. The molecular formula is C21H22F3NO4. The number of ether oxygens (including phenoxy) is 1. The van der Waals surface area contributed by atoms with E-state index in [2.05, 4.69) is 0 Å². The summed E-state index contributed by atoms with van der Waals surface area (Å²) in [7, 11) is 1.40. The van der Waals surface area contributed by atoms with Crippen molar-refractivity contribution in [1.82, 2.24) is 0 Å². The SMILES string of the molecule is CCC(Cc1ccc(OC)c(C(N)C(=O)c2ccc(C(F)(F)F)cc2)c1)C(=O)O. The van der Waals surface area contributed by atoms with Gasteiger partial charge in [-0.2, -0.15) is 13.2 Å². The minimum Gasteiger partial charge on any atom is -0.496 e. The van der Waals surface area contributed by atoms with Crippen molar-refractivity contribution < 1.29 is 32.6 Å². The van der Waals surface area contributed by atoms with E-state index in [4.69, 9.17) is 10.5 Å². The number of benzene rings is 2. The molecule has 2 aromatic rings. The van der Waals surface area contributed by atoms with Crippen LogP contribution in [-0.4, -0.2) is 24.0 Å². The third-order valence-corrected chi connectivity index (χ3v) is 4.73. The summed E-state index contributed by atoms with van der Waals surface area (Å²) in [6.07, 6.45) is -3.81. The first-order valence-corrected chi connectivity index (χ1v) is 8.95. The van der Waals surface area contributed by atoms with Gasteiger partial charge < -0.3 is 15.6 Å². The van der Waals surface area contributed by atoms with Gasteiger partial charge in [0.15, 0.2) is 5.78 Å². The number of carboxylic acid groups (broad SMARTS) is 1. The van der Waals surface area contributed by atoms with Crippen molar-refractivity contribution in [2.24, 2.45) is 11.7 Å². The normalized spacial score (nSPS) is 13.6. The number of methoxy groups -OCH3 is 1. The zero-order chi connectivity index (χ0) is 21.8. The van der Waals surface area contributed by atoms with Crippen molar-refractivity contribution in [2.75, 3.05) is 7.11 Å². The molecule has 0 amide bonds. The van der Waals surface area contributed by atoms with E-state index in [0.717, 1.165) is 24.3 Å². The lowest BCUT2D eigenvalue weighted by Crippen LogP contribution is -2.23. The molecule has 0 aliphatic rings. The number of alkyl halides is 3. The number of rotatable bonds is 8. The van der Waals surface area contributed by atoms with Crippen LogP contribution in [0.5, 0.6) is 5.75 Å². The average Bonchev–Trinajstić information content (AvgIpc) is 2.69. The zero-order valence-corrected chi connectivity index (χ0v) is 16.0. The van der Waals surface area contributed by atoms with Crippen LogP contribution in [0.3, 0.4) is 0 Å². The largest absolute Gasteiger partial charge is 0.496 e. The summed E-state index contributed by atoms with van der Waals surface area (Å²) >= 11 is 0. The van der Waals surface area contributed by atoms with E-state index in [1.54, 1.807) is 25.1 Å². The summed E-state index contributed by atoms with van der Waals surface area (Å²) in [5, 5.41) is 9.25. The van der Waals surface area contributed by atoms with E-state index in [-0.39, 0.29) is 12.0 Å². The number of carbonyl (C=O) groups excluding carboxylic acids is 1. The van der Waals surface area contributed by atoms with Crippen molar-refractivity contribution in [3.63, 3.8) is 0 Å². The molecule has 0 radical (unpaired) electrons. The summed E-state index contributed by atoms with van der Waals surface area (Å²) < 4.78 is 43.4. The van der Waals surface area contributed by atoms with Gasteiger partial charge in [0.1, 0.15) is 5.75 Å². The molecule has 0 bridgehead atoms. The lowest BCUT2D eigenvalue weighted by molar-refractivity contribution is -0.141. The summed E-state index contributed by atoms with van der Waals surface area (Å²) in [6.45, 7) is 1.77. The van der Waals surface area contributed by atoms with Gasteiger partial charge in [0.25, 0.3) is 0 Å². The number of hydrogen-bond donors (Lipinski definition) is 2. The third kappa shape index (κ3) is 5.35. The Morgan fingerprint density at radius 1 is 1.14 bits per heavy atom. The molecule has 0 heterocycles. The van der Waals surface area contributed by atoms with Crippen molar-refractivity contribution in [3.8, 4) is 5.75 Å². The molecule has 29 heavy (non-hydrogen) atoms. The number of Topliss-reactive ketones (excluding diaryl/α,β-unsaturated/α-hetero) is 1. The number of halogens is 3. The second-order valence-corrected chi connectivity index (χ2v) is 6.64. The van der Waals surface area contributed by atoms with Crippen LogP contribution in [0.4, 0.5) is 13.2 Å². The standard InChI is InChI=1S/C21H22F3NO4/c1-3-13(20(27)28)10-12-4-9-17(29-2)16(11-12)18(25)19(26)14-5-7-15(8-6-14)21(22,23)24/h4-9,11,13,18H,3,10,25H2,1-2H3,(H,27,28). The number of carbonyl (C=O) groups is 2. The Morgan fingerprint density at radius 3 is 2.24 bits per heavy atom. The fraction of sp³-hybridized carbons (Fsp3) is 0.333. The van der Waals surface area contributed by atoms with Crippen LogP contribution in [0.15, 0.2) is 42.5 Å². The van der Waals surface area contributed by atoms with Crippen LogP contribution >= 0.6 is 0 Å². The summed E-state index contributed by atoms with van der Waals surface area (Å²) in [4.78, 5) is 24.0. The van der Waals surface area contributed by atoms with Gasteiger partial charge in [-0.05, 0) is 36.6 Å². The van der Waals surface area contributed by atoms with Crippen LogP contribution in [-0.2, 0) is 17.4 Å². The molecule has 0 aromatic heterocycles. The molecule has 0 aliphatic carbocycles. The van der Waals surface area contributed by atoms with Crippen molar-refractivity contribution >= 4 is 11.8 Å². The quantitative estimate of drug-likeness (QED) is 0.636. The van der Waals surface area contributed by atoms with Crippen molar-refractivity contribution in [1.29, 1.82) is 0 Å². The first-order valence-electron chi connectivity index (χ1n) is 8.95. The predicted octanol–water partition coefficient (Wildman–Crippen LogP) is 4.25. The van der Waals surface area contributed by atoms with E-state index >= 15 is 0 Å². The zero-order valence-electron chi connectivity index (χ0n) is 16.0. The molecule has 156 valence electrons. The van der Waals surface area contributed by atoms with E-state index < -0.39 is 35.5 Å². The van der Waals surface area contributed by atoms with Gasteiger partial charge in [0, 0.05) is 11.1 Å². The second-order valence-electron chi connectivity index (χ2n) is 6.64. The maximum Gasteiger partial charge on any atom is 0.416 e. The molecule has 2 unspecified atom stereocenters. The number of aliphatic carboxylic acids is 1. The highest BCUT2D eigenvalue weighted by Gasteiger charge is 2.31. The molecule has 0 saturated heterocycles. The van der Waals surface area contributed by atoms with Crippen LogP contribution in [0.25, 0.3) is 0 Å². The molecule has 0 saturated carbocycles. The highest BCUT2D eigenvalue weighted by atomic mass is 19.4. The molecule has 3 N–H and O–H groups in total. The van der Waals surface area contributed by atoms with Gasteiger partial charge in [0.2, 0.25) is 0 Å². The van der Waals surface area contributed by atoms with Gasteiger partial charge in [-0.25, -0.2) is 0 Å². The fourth-order valence-corrected chi connectivity index (χ4v) is 2.99. The second kappa shape index (κ2) is 9.09. The minimum atomic E-state index is -4.50. The Labute approximate surface area is 166 Å². The van der Waals surface area contributed by atoms with Gasteiger partial charge >= 0.3 is 12.1 Å². The van der Waals surface area contributed by atoms with Gasteiger partial charge in [-0.3, -0.25) is 9.59 Å². The topological polar surface area (TPSA) is 89.6 Å². The molecule has 0 aliphatic heterocycles. The Hall–Kier alpha value is -2.87. The van der Waals surface area contributed by atoms with E-state index in [9.17, 15) is 27.9 Å². The predicted molar refractivity (Wildman–Crippen MR) is 101 cm³/mol. The first-order chi connectivity index (χ1) is 13.6. The lowest BCUT2D eigenvalue weighted by atomic mass is 9.92. The molecule has 5 nitrogen and oxygen atoms in total. The summed E-state index contributed by atoms with van der Waals surface area (Å²) in [5.74, 6) is -1.74. The maximum atomic E-state index is 12.7. The minimum absolute atomic E-state index is 0.0370. The lowest BCUT2D eigenvalue weighted by Gasteiger charge is -2.18. The first kappa shape index (κ1) is 22.4. The molecule has 2 aromatic carbocycles. The Morgan fingerprint density at radius 2 is 1.76 bits per heavy atom. The van der Waals surface area contributed by atoms with E-state index in [0.29, 0.717) is 23.3 Å². The van der Waals surface area contributed by atoms with Crippen molar-refractivity contribution in [2.45, 2.75) is 32.0 Å². The van der Waals surface area contributed by atoms with Crippen molar-refractivity contribution in [3.05, 3.63) is 64.7 Å². The molecular weight excluding hydrogens is 387 g/mol. The van der Waals surface area contributed by atoms with Gasteiger partial charge in [-0.1, -0.05) is 31.2 Å². The van der Waals surface area contributed by atoms with Gasteiger partial charge in [0.05, 0.1) is 24.6 Å². The number of nitrogens with two attached hydrogens (primary N) is 1. The molecule has 8 heteroatoms. The average molecular weight is 409 g/mol. The van der Waals surface area contributed by atoms with Crippen LogP contribution in [0, 0.1) is 5.92 Å². The Kier molecular flexibility index (Phi) is 7.02. The smallest absolute Gasteiger partial charge is 0.416 e. The van der Waals surface area contributed by atoms with Crippen LogP contribution in [0.1, 0.15) is 46.4 Å². The summed E-state index contributed by atoms with van der Waals surface area (Å²) in [6, 6.07) is 7.54. The molecule has 0 spiro atoms. The number of ketones is 1. The van der Waals surface area contributed by atoms with Gasteiger partial charge in [-0.15, -0.1) is 0 Å². The summed E-state index contributed by atoms with van der Waals surface area (Å²) in [5.41, 5.74) is 6.29.